The number of pyridine rings is 1. The number of hydrogen-bond donors (Lipinski definition) is 1. The molecule has 106 valence electrons. The van der Waals surface area contributed by atoms with E-state index in [1.54, 1.807) is 0 Å². The average molecular weight is 292 g/mol. The van der Waals surface area contributed by atoms with Crippen molar-refractivity contribution in [3.63, 3.8) is 0 Å². The van der Waals surface area contributed by atoms with Gasteiger partial charge in [-0.15, -0.1) is 0 Å². The second-order valence-corrected chi connectivity index (χ2v) is 5.97. The zero-order valence-corrected chi connectivity index (χ0v) is 11.7. The lowest BCUT2D eigenvalue weighted by Gasteiger charge is -2.20. The van der Waals surface area contributed by atoms with Gasteiger partial charge in [0, 0.05) is 11.7 Å². The quantitative estimate of drug-likeness (QED) is 0.870. The Labute approximate surface area is 114 Å². The molecular weight excluding hydrogens is 277 g/mol. The summed E-state index contributed by atoms with van der Waals surface area (Å²) in [4.78, 5) is 15.2. The third kappa shape index (κ3) is 5.96. The number of nitrogens with zero attached hydrogens (tertiary/aromatic N) is 1. The van der Waals surface area contributed by atoms with Crippen LogP contribution in [0.25, 0.3) is 0 Å². The summed E-state index contributed by atoms with van der Waals surface area (Å²) >= 11 is 1.10. The number of alkyl halides is 3. The lowest BCUT2D eigenvalue weighted by molar-refractivity contribution is -0.137. The van der Waals surface area contributed by atoms with E-state index >= 15 is 0 Å². The van der Waals surface area contributed by atoms with Gasteiger partial charge in [-0.3, -0.25) is 4.79 Å². The highest BCUT2D eigenvalue weighted by atomic mass is 32.2. The van der Waals surface area contributed by atoms with E-state index in [0.29, 0.717) is 5.03 Å². The number of aromatic nitrogens is 1. The smallest absolute Gasteiger partial charge is 0.351 e. The zero-order chi connectivity index (χ0) is 14.7. The molecule has 0 aliphatic carbocycles. The van der Waals surface area contributed by atoms with Crippen molar-refractivity contribution >= 4 is 17.7 Å². The topological polar surface area (TPSA) is 42.0 Å². The van der Waals surface area contributed by atoms with Crippen LogP contribution in [0, 0.1) is 0 Å². The van der Waals surface area contributed by atoms with E-state index in [9.17, 15) is 18.0 Å². The fourth-order valence-corrected chi connectivity index (χ4v) is 1.87. The molecule has 1 heterocycles. The second-order valence-electron chi connectivity index (χ2n) is 4.97. The first-order valence-corrected chi connectivity index (χ1v) is 6.53. The molecule has 1 aromatic rings. The molecule has 0 atom stereocenters. The summed E-state index contributed by atoms with van der Waals surface area (Å²) in [6.07, 6.45) is -3.62. The van der Waals surface area contributed by atoms with Crippen molar-refractivity contribution in [2.45, 2.75) is 37.5 Å². The molecule has 0 saturated carbocycles. The van der Waals surface area contributed by atoms with Gasteiger partial charge in [0.1, 0.15) is 0 Å². The van der Waals surface area contributed by atoms with E-state index in [-0.39, 0.29) is 17.2 Å². The van der Waals surface area contributed by atoms with Crippen LogP contribution in [0.2, 0.25) is 0 Å². The van der Waals surface area contributed by atoms with Gasteiger partial charge in [0.25, 0.3) is 0 Å². The Morgan fingerprint density at radius 2 is 1.95 bits per heavy atom. The van der Waals surface area contributed by atoms with E-state index in [0.717, 1.165) is 24.0 Å². The molecule has 0 spiro atoms. The van der Waals surface area contributed by atoms with Crippen molar-refractivity contribution in [1.82, 2.24) is 10.3 Å². The zero-order valence-electron chi connectivity index (χ0n) is 10.8. The maximum Gasteiger partial charge on any atom is 0.417 e. The minimum absolute atomic E-state index is 0.121. The number of carbonyl (C=O) groups is 1. The fraction of sp³-hybridized carbons (Fsp3) is 0.500. The van der Waals surface area contributed by atoms with Crippen LogP contribution in [-0.4, -0.2) is 22.2 Å². The summed E-state index contributed by atoms with van der Waals surface area (Å²) in [6, 6.07) is 2.22. The predicted octanol–water partition coefficient (Wildman–Crippen LogP) is 3.11. The van der Waals surface area contributed by atoms with Crippen LogP contribution >= 0.6 is 11.8 Å². The highest BCUT2D eigenvalue weighted by molar-refractivity contribution is 7.99. The lowest BCUT2D eigenvalue weighted by Crippen LogP contribution is -2.41. The van der Waals surface area contributed by atoms with Crippen molar-refractivity contribution in [2.24, 2.45) is 0 Å². The number of nitrogens with one attached hydrogen (secondary N) is 1. The molecule has 1 N–H and O–H groups in total. The average Bonchev–Trinajstić information content (AvgIpc) is 2.23. The van der Waals surface area contributed by atoms with Gasteiger partial charge in [0.15, 0.2) is 0 Å². The summed E-state index contributed by atoms with van der Waals surface area (Å²) in [5.74, 6) is -0.0606. The third-order valence-electron chi connectivity index (χ3n) is 1.93. The first kappa shape index (κ1) is 15.8. The number of thioether (sulfide) groups is 1. The van der Waals surface area contributed by atoms with Crippen molar-refractivity contribution in [2.75, 3.05) is 5.75 Å². The summed E-state index contributed by atoms with van der Waals surface area (Å²) in [7, 11) is 0. The van der Waals surface area contributed by atoms with Crippen molar-refractivity contribution in [3.05, 3.63) is 23.9 Å². The second kappa shape index (κ2) is 5.81. The summed E-state index contributed by atoms with van der Waals surface area (Å²) in [5.41, 5.74) is -1.12. The Balaban J connectivity index is 2.53. The largest absolute Gasteiger partial charge is 0.417 e. The molecule has 19 heavy (non-hydrogen) atoms. The van der Waals surface area contributed by atoms with Gasteiger partial charge < -0.3 is 5.32 Å². The van der Waals surface area contributed by atoms with E-state index in [1.807, 2.05) is 20.8 Å². The van der Waals surface area contributed by atoms with Crippen molar-refractivity contribution in [3.8, 4) is 0 Å². The predicted molar refractivity (Wildman–Crippen MR) is 67.9 cm³/mol. The Bertz CT molecular complexity index is 438. The van der Waals surface area contributed by atoms with Crippen LogP contribution in [0.1, 0.15) is 26.3 Å². The summed E-state index contributed by atoms with van der Waals surface area (Å²) in [6.45, 7) is 5.56. The maximum absolute atomic E-state index is 12.3. The van der Waals surface area contributed by atoms with Crippen LogP contribution in [0.5, 0.6) is 0 Å². The molecule has 1 rings (SSSR count). The molecule has 0 bridgehead atoms. The molecule has 0 unspecified atom stereocenters. The van der Waals surface area contributed by atoms with Crippen LogP contribution in [-0.2, 0) is 11.0 Å². The molecule has 3 nitrogen and oxygen atoms in total. The Morgan fingerprint density at radius 3 is 2.37 bits per heavy atom. The molecule has 0 aliphatic rings. The van der Waals surface area contributed by atoms with Crippen LogP contribution in [0.15, 0.2) is 23.4 Å². The van der Waals surface area contributed by atoms with Crippen LogP contribution in [0.4, 0.5) is 13.2 Å². The number of rotatable bonds is 3. The fourth-order valence-electron chi connectivity index (χ4n) is 1.23. The normalized spacial score (nSPS) is 12.3. The lowest BCUT2D eigenvalue weighted by atomic mass is 10.1. The van der Waals surface area contributed by atoms with Crippen molar-refractivity contribution < 1.29 is 18.0 Å². The molecule has 7 heteroatoms. The van der Waals surface area contributed by atoms with Crippen LogP contribution in [0.3, 0.4) is 0 Å². The number of amides is 1. The van der Waals surface area contributed by atoms with Gasteiger partial charge in [0.2, 0.25) is 5.91 Å². The molecule has 0 saturated heterocycles. The maximum atomic E-state index is 12.3. The first-order chi connectivity index (χ1) is 8.58. The molecule has 0 aliphatic heterocycles. The molecular formula is C12H15F3N2OS. The monoisotopic (exact) mass is 292 g/mol. The highest BCUT2D eigenvalue weighted by Gasteiger charge is 2.30. The Kier molecular flexibility index (Phi) is 4.84. The van der Waals surface area contributed by atoms with Crippen LogP contribution < -0.4 is 5.32 Å². The highest BCUT2D eigenvalue weighted by Crippen LogP contribution is 2.29. The number of halogens is 3. The minimum atomic E-state index is -4.39. The van der Waals surface area contributed by atoms with E-state index in [4.69, 9.17) is 0 Å². The van der Waals surface area contributed by atoms with Gasteiger partial charge in [-0.05, 0) is 32.9 Å². The summed E-state index contributed by atoms with van der Waals surface area (Å²) in [5, 5.41) is 3.14. The first-order valence-electron chi connectivity index (χ1n) is 5.55. The van der Waals surface area contributed by atoms with Crippen molar-refractivity contribution in [1.29, 1.82) is 0 Å². The molecule has 0 aromatic carbocycles. The Morgan fingerprint density at radius 1 is 1.32 bits per heavy atom. The molecule has 0 fully saturated rings. The third-order valence-corrected chi connectivity index (χ3v) is 2.87. The SMILES string of the molecule is CC(C)(C)NC(=O)CSc1ccc(C(F)(F)F)cn1. The van der Waals surface area contributed by atoms with E-state index in [1.165, 1.54) is 6.07 Å². The molecule has 0 radical (unpaired) electrons. The van der Waals surface area contributed by atoms with Gasteiger partial charge in [-0.2, -0.15) is 13.2 Å². The standard InChI is InChI=1S/C12H15F3N2OS/c1-11(2,3)17-9(18)7-19-10-5-4-8(6-16-10)12(13,14)15/h4-6H,7H2,1-3H3,(H,17,18). The Hall–Kier alpha value is -1.24. The molecule has 1 aromatic heterocycles. The van der Waals surface area contributed by atoms with Gasteiger partial charge in [-0.1, -0.05) is 11.8 Å². The van der Waals surface area contributed by atoms with Gasteiger partial charge in [-0.25, -0.2) is 4.98 Å². The number of carbonyl (C=O) groups excluding carboxylic acids is 1. The van der Waals surface area contributed by atoms with Gasteiger partial charge in [0.05, 0.1) is 16.3 Å². The molecule has 1 amide bonds. The van der Waals surface area contributed by atoms with E-state index < -0.39 is 11.7 Å². The minimum Gasteiger partial charge on any atom is -0.351 e. The van der Waals surface area contributed by atoms with Gasteiger partial charge >= 0.3 is 6.18 Å². The number of hydrogen-bond acceptors (Lipinski definition) is 3. The van der Waals surface area contributed by atoms with E-state index in [2.05, 4.69) is 10.3 Å². The summed E-state index contributed by atoms with van der Waals surface area (Å²) < 4.78 is 36.9.